The third-order valence-corrected chi connectivity index (χ3v) is 2.49. The first-order valence-corrected chi connectivity index (χ1v) is 4.87. The Hall–Kier alpha value is -0.340. The van der Waals surface area contributed by atoms with E-state index in [1.54, 1.807) is 0 Å². The summed E-state index contributed by atoms with van der Waals surface area (Å²) in [6, 6.07) is 7.59. The van der Waals surface area contributed by atoms with E-state index in [2.05, 4.69) is 15.9 Å². The zero-order chi connectivity index (χ0) is 8.97. The Kier molecular flexibility index (Phi) is 3.76. The molecular weight excluding hydrogens is 239 g/mol. The van der Waals surface area contributed by atoms with Crippen molar-refractivity contribution in [2.24, 2.45) is 0 Å². The molecule has 0 radical (unpaired) electrons. The Bertz CT molecular complexity index is 258. The van der Waals surface area contributed by atoms with Crippen molar-refractivity contribution in [3.63, 3.8) is 0 Å². The summed E-state index contributed by atoms with van der Waals surface area (Å²) in [6.07, 6.45) is 0.871. The van der Waals surface area contributed by atoms with Crippen LogP contribution in [0.1, 0.15) is 11.5 Å². The fourth-order valence-electron chi connectivity index (χ4n) is 0.914. The first-order valence-electron chi connectivity index (χ1n) is 3.54. The van der Waals surface area contributed by atoms with Gasteiger partial charge in [0.15, 0.2) is 0 Å². The maximum Gasteiger partial charge on any atom is 0.128 e. The largest absolute Gasteiger partial charge is 0.303 e. The van der Waals surface area contributed by atoms with Crippen LogP contribution in [0, 0.1) is 0 Å². The van der Waals surface area contributed by atoms with Gasteiger partial charge < -0.3 is 4.79 Å². The number of carbonyl (C=O) groups excluding carboxylic acids is 1. The lowest BCUT2D eigenvalue weighted by Gasteiger charge is -2.05. The standard InChI is InChI=1S/C9H8BrClO/c10-9-3-1-7(2-4-9)8(5-11)6-12/h1-4,6,8H,5H2. The molecule has 0 aliphatic heterocycles. The van der Waals surface area contributed by atoms with Crippen LogP contribution in [-0.2, 0) is 4.79 Å². The first kappa shape index (κ1) is 9.75. The predicted molar refractivity (Wildman–Crippen MR) is 53.7 cm³/mol. The molecule has 1 unspecified atom stereocenters. The van der Waals surface area contributed by atoms with Gasteiger partial charge in [-0.05, 0) is 17.7 Å². The third-order valence-electron chi connectivity index (χ3n) is 1.63. The van der Waals surface area contributed by atoms with Gasteiger partial charge in [0.1, 0.15) is 6.29 Å². The second-order valence-electron chi connectivity index (χ2n) is 2.45. The van der Waals surface area contributed by atoms with Crippen molar-refractivity contribution >= 4 is 33.8 Å². The summed E-state index contributed by atoms with van der Waals surface area (Å²) in [4.78, 5) is 10.5. The summed E-state index contributed by atoms with van der Waals surface area (Å²) < 4.78 is 1.01. The Morgan fingerprint density at radius 3 is 2.42 bits per heavy atom. The molecule has 12 heavy (non-hydrogen) atoms. The van der Waals surface area contributed by atoms with Gasteiger partial charge >= 0.3 is 0 Å². The van der Waals surface area contributed by atoms with Gasteiger partial charge in [-0.1, -0.05) is 28.1 Å². The van der Waals surface area contributed by atoms with E-state index < -0.39 is 0 Å². The Labute approximate surface area is 84.9 Å². The van der Waals surface area contributed by atoms with Gasteiger partial charge in [0, 0.05) is 10.4 Å². The summed E-state index contributed by atoms with van der Waals surface area (Å²) in [5.74, 6) is 0.158. The number of carbonyl (C=O) groups is 1. The van der Waals surface area contributed by atoms with E-state index in [-0.39, 0.29) is 5.92 Å². The molecule has 0 saturated heterocycles. The molecule has 0 bridgehead atoms. The second kappa shape index (κ2) is 4.63. The Balaban J connectivity index is 2.87. The molecule has 1 nitrogen and oxygen atoms in total. The van der Waals surface area contributed by atoms with Gasteiger partial charge in [0.2, 0.25) is 0 Å². The summed E-state index contributed by atoms with van der Waals surface area (Å²) in [5.41, 5.74) is 0.961. The summed E-state index contributed by atoms with van der Waals surface area (Å²) in [5, 5.41) is 0. The quantitative estimate of drug-likeness (QED) is 0.593. The number of halogens is 2. The summed E-state index contributed by atoms with van der Waals surface area (Å²) in [7, 11) is 0. The van der Waals surface area contributed by atoms with E-state index in [0.717, 1.165) is 16.3 Å². The van der Waals surface area contributed by atoms with Gasteiger partial charge in [-0.15, -0.1) is 11.6 Å². The molecule has 1 aromatic rings. The van der Waals surface area contributed by atoms with Crippen molar-refractivity contribution in [3.8, 4) is 0 Å². The first-order chi connectivity index (χ1) is 5.77. The molecule has 0 saturated carbocycles. The van der Waals surface area contributed by atoms with E-state index in [9.17, 15) is 4.79 Å². The minimum Gasteiger partial charge on any atom is -0.303 e. The molecule has 0 aliphatic carbocycles. The van der Waals surface area contributed by atoms with Crippen LogP contribution in [0.4, 0.5) is 0 Å². The third kappa shape index (κ3) is 2.32. The van der Waals surface area contributed by atoms with Crippen molar-refractivity contribution in [3.05, 3.63) is 34.3 Å². The number of rotatable bonds is 3. The normalized spacial score (nSPS) is 12.5. The topological polar surface area (TPSA) is 17.1 Å². The number of alkyl halides is 1. The molecule has 0 N–H and O–H groups in total. The molecule has 1 aromatic carbocycles. The lowest BCUT2D eigenvalue weighted by atomic mass is 10.0. The van der Waals surface area contributed by atoms with E-state index >= 15 is 0 Å². The van der Waals surface area contributed by atoms with Crippen LogP contribution in [0.5, 0.6) is 0 Å². The number of benzene rings is 1. The zero-order valence-electron chi connectivity index (χ0n) is 6.34. The summed E-state index contributed by atoms with van der Waals surface area (Å²) >= 11 is 8.92. The molecule has 0 amide bonds. The lowest BCUT2D eigenvalue weighted by Crippen LogP contribution is -2.00. The minimum absolute atomic E-state index is 0.181. The monoisotopic (exact) mass is 246 g/mol. The molecule has 64 valence electrons. The van der Waals surface area contributed by atoms with Crippen LogP contribution >= 0.6 is 27.5 Å². The van der Waals surface area contributed by atoms with Crippen molar-refractivity contribution in [1.29, 1.82) is 0 Å². The van der Waals surface area contributed by atoms with Crippen LogP contribution in [0.2, 0.25) is 0 Å². The van der Waals surface area contributed by atoms with E-state index in [4.69, 9.17) is 11.6 Å². The molecule has 0 heterocycles. The summed E-state index contributed by atoms with van der Waals surface area (Å²) in [6.45, 7) is 0. The lowest BCUT2D eigenvalue weighted by molar-refractivity contribution is -0.108. The molecule has 0 fully saturated rings. The van der Waals surface area contributed by atoms with Crippen LogP contribution < -0.4 is 0 Å². The zero-order valence-corrected chi connectivity index (χ0v) is 8.68. The molecule has 0 aromatic heterocycles. The van der Waals surface area contributed by atoms with Crippen molar-refractivity contribution < 1.29 is 4.79 Å². The highest BCUT2D eigenvalue weighted by molar-refractivity contribution is 9.10. The smallest absolute Gasteiger partial charge is 0.128 e. The maximum absolute atomic E-state index is 10.5. The van der Waals surface area contributed by atoms with Crippen molar-refractivity contribution in [2.45, 2.75) is 5.92 Å². The van der Waals surface area contributed by atoms with Crippen LogP contribution in [0.3, 0.4) is 0 Å². The van der Waals surface area contributed by atoms with Gasteiger partial charge in [0.25, 0.3) is 0 Å². The van der Waals surface area contributed by atoms with Crippen molar-refractivity contribution in [2.75, 3.05) is 5.88 Å². The van der Waals surface area contributed by atoms with Crippen LogP contribution in [0.25, 0.3) is 0 Å². The highest BCUT2D eigenvalue weighted by Gasteiger charge is 2.07. The average Bonchev–Trinajstić information content (AvgIpc) is 2.10. The molecule has 0 spiro atoms. The minimum atomic E-state index is -0.181. The average molecular weight is 248 g/mol. The number of hydrogen-bond donors (Lipinski definition) is 0. The fourth-order valence-corrected chi connectivity index (χ4v) is 1.43. The highest BCUT2D eigenvalue weighted by atomic mass is 79.9. The maximum atomic E-state index is 10.5. The van der Waals surface area contributed by atoms with Gasteiger partial charge in [-0.2, -0.15) is 0 Å². The van der Waals surface area contributed by atoms with Gasteiger partial charge in [0.05, 0.1) is 5.92 Å². The highest BCUT2D eigenvalue weighted by Crippen LogP contribution is 2.18. The number of hydrogen-bond acceptors (Lipinski definition) is 1. The second-order valence-corrected chi connectivity index (χ2v) is 3.67. The molecule has 1 atom stereocenters. The van der Waals surface area contributed by atoms with Crippen LogP contribution in [0.15, 0.2) is 28.7 Å². The fraction of sp³-hybridized carbons (Fsp3) is 0.222. The van der Waals surface area contributed by atoms with Crippen LogP contribution in [-0.4, -0.2) is 12.2 Å². The Morgan fingerprint density at radius 2 is 2.00 bits per heavy atom. The molecular formula is C9H8BrClO. The van der Waals surface area contributed by atoms with Gasteiger partial charge in [-0.25, -0.2) is 0 Å². The van der Waals surface area contributed by atoms with Gasteiger partial charge in [-0.3, -0.25) is 0 Å². The molecule has 1 rings (SSSR count). The number of aldehydes is 1. The Morgan fingerprint density at radius 1 is 1.42 bits per heavy atom. The predicted octanol–water partition coefficient (Wildman–Crippen LogP) is 2.97. The SMILES string of the molecule is O=CC(CCl)c1ccc(Br)cc1. The molecule has 3 heteroatoms. The van der Waals surface area contributed by atoms with Crippen molar-refractivity contribution in [1.82, 2.24) is 0 Å². The van der Waals surface area contributed by atoms with E-state index in [1.165, 1.54) is 0 Å². The molecule has 0 aliphatic rings. The van der Waals surface area contributed by atoms with E-state index in [0.29, 0.717) is 5.88 Å². The van der Waals surface area contributed by atoms with E-state index in [1.807, 2.05) is 24.3 Å².